The molecule has 1 saturated heterocycles. The van der Waals surface area contributed by atoms with Crippen LogP contribution in [0.3, 0.4) is 0 Å². The van der Waals surface area contributed by atoms with Crippen LogP contribution in [0.25, 0.3) is 0 Å². The van der Waals surface area contributed by atoms with Crippen LogP contribution in [0.5, 0.6) is 0 Å². The van der Waals surface area contributed by atoms with Crippen molar-refractivity contribution in [1.29, 1.82) is 0 Å². The first-order chi connectivity index (χ1) is 8.36. The second-order valence-electron chi connectivity index (χ2n) is 4.37. The van der Waals surface area contributed by atoms with Gasteiger partial charge in [0.2, 0.25) is 0 Å². The highest BCUT2D eigenvalue weighted by molar-refractivity contribution is 7.87. The Hall–Kier alpha value is -1.15. The Morgan fingerprint density at radius 3 is 2.67 bits per heavy atom. The summed E-state index contributed by atoms with van der Waals surface area (Å²) in [6.07, 6.45) is 1.09. The zero-order valence-electron chi connectivity index (χ0n) is 10.5. The highest BCUT2D eigenvalue weighted by Gasteiger charge is 2.33. The van der Waals surface area contributed by atoms with Crippen LogP contribution in [0.4, 0.5) is 4.79 Å². The number of rotatable bonds is 4. The molecular weight excluding hydrogens is 260 g/mol. The quantitative estimate of drug-likeness (QED) is 0.752. The van der Waals surface area contributed by atoms with Gasteiger partial charge in [-0.3, -0.25) is 0 Å². The van der Waals surface area contributed by atoms with Crippen molar-refractivity contribution in [3.8, 4) is 0 Å². The smallest absolute Gasteiger partial charge is 0.422 e. The van der Waals surface area contributed by atoms with Crippen LogP contribution >= 0.6 is 0 Å². The van der Waals surface area contributed by atoms with E-state index >= 15 is 0 Å². The number of hydrogen-bond acceptors (Lipinski definition) is 5. The highest BCUT2D eigenvalue weighted by Crippen LogP contribution is 2.18. The number of nitrogens with zero attached hydrogens (tertiary/aromatic N) is 1. The summed E-state index contributed by atoms with van der Waals surface area (Å²) in [5.41, 5.74) is 0. The maximum atomic E-state index is 11.9. The van der Waals surface area contributed by atoms with Crippen LogP contribution in [0.2, 0.25) is 0 Å². The second-order valence-corrected chi connectivity index (χ2v) is 5.99. The van der Waals surface area contributed by atoms with Crippen LogP contribution < -0.4 is 4.72 Å². The molecule has 18 heavy (non-hydrogen) atoms. The van der Waals surface area contributed by atoms with Crippen molar-refractivity contribution in [2.75, 3.05) is 6.54 Å². The molecule has 1 N–H and O–H groups in total. The van der Waals surface area contributed by atoms with Crippen molar-refractivity contribution in [1.82, 2.24) is 9.03 Å². The van der Waals surface area contributed by atoms with Gasteiger partial charge in [0, 0.05) is 6.54 Å². The van der Waals surface area contributed by atoms with Crippen LogP contribution in [0.15, 0.2) is 0 Å². The van der Waals surface area contributed by atoms with Gasteiger partial charge in [-0.2, -0.15) is 12.7 Å². The molecule has 1 fully saturated rings. The molecular formula is C10H18N2O5S. The fourth-order valence-electron chi connectivity index (χ4n) is 1.77. The Bertz CT molecular complexity index is 406. The van der Waals surface area contributed by atoms with E-state index < -0.39 is 28.4 Å². The molecule has 0 aliphatic carbocycles. The van der Waals surface area contributed by atoms with Crippen molar-refractivity contribution in [2.24, 2.45) is 0 Å². The van der Waals surface area contributed by atoms with Gasteiger partial charge in [-0.15, -0.1) is 0 Å². The first-order valence-electron chi connectivity index (χ1n) is 5.82. The van der Waals surface area contributed by atoms with E-state index in [1.54, 1.807) is 18.6 Å². The Kier molecular flexibility index (Phi) is 5.09. The summed E-state index contributed by atoms with van der Waals surface area (Å²) in [7, 11) is -4.01. The Morgan fingerprint density at radius 1 is 1.44 bits per heavy atom. The van der Waals surface area contributed by atoms with Gasteiger partial charge < -0.3 is 9.53 Å². The molecule has 1 rings (SSSR count). The third-order valence-corrected chi connectivity index (χ3v) is 4.01. The van der Waals surface area contributed by atoms with Gasteiger partial charge in [0.1, 0.15) is 6.29 Å². The van der Waals surface area contributed by atoms with E-state index in [4.69, 9.17) is 4.74 Å². The average Bonchev–Trinajstić information content (AvgIpc) is 2.27. The lowest BCUT2D eigenvalue weighted by Crippen LogP contribution is -2.51. The number of carbonyl (C=O) groups is 2. The summed E-state index contributed by atoms with van der Waals surface area (Å²) in [4.78, 5) is 22.1. The summed E-state index contributed by atoms with van der Waals surface area (Å²) in [6, 6.07) is -0.705. The molecule has 1 aliphatic heterocycles. The molecule has 0 bridgehead atoms. The summed E-state index contributed by atoms with van der Waals surface area (Å²) in [5.74, 6) is 0. The Morgan fingerprint density at radius 2 is 2.11 bits per heavy atom. The SMILES string of the molecule is CC(C)OC(=O)NS(=O)(=O)N1CCCCC1C=O. The van der Waals surface area contributed by atoms with Crippen LogP contribution in [-0.4, -0.2) is 43.8 Å². The molecule has 1 unspecified atom stereocenters. The minimum atomic E-state index is -4.01. The van der Waals surface area contributed by atoms with E-state index in [-0.39, 0.29) is 6.54 Å². The van der Waals surface area contributed by atoms with E-state index in [1.807, 2.05) is 0 Å². The van der Waals surface area contributed by atoms with E-state index in [2.05, 4.69) is 0 Å². The summed E-state index contributed by atoms with van der Waals surface area (Å²) in [6.45, 7) is 3.45. The monoisotopic (exact) mass is 278 g/mol. The summed E-state index contributed by atoms with van der Waals surface area (Å²) >= 11 is 0. The predicted molar refractivity (Wildman–Crippen MR) is 64.1 cm³/mol. The van der Waals surface area contributed by atoms with Crippen molar-refractivity contribution in [3.63, 3.8) is 0 Å². The van der Waals surface area contributed by atoms with Gasteiger partial charge in [0.05, 0.1) is 12.1 Å². The number of hydrogen-bond donors (Lipinski definition) is 1. The molecule has 1 atom stereocenters. The average molecular weight is 278 g/mol. The summed E-state index contributed by atoms with van der Waals surface area (Å²) < 4.78 is 31.3. The standard InChI is InChI=1S/C10H18N2O5S/c1-8(2)17-10(14)11-18(15,16)12-6-4-3-5-9(12)7-13/h7-9H,3-6H2,1-2H3,(H,11,14). The zero-order chi connectivity index (χ0) is 13.8. The Balaban J connectivity index is 2.72. The number of ether oxygens (including phenoxy) is 1. The number of carbonyl (C=O) groups excluding carboxylic acids is 2. The van der Waals surface area contributed by atoms with Gasteiger partial charge in [-0.1, -0.05) is 6.42 Å². The molecule has 1 heterocycles. The zero-order valence-corrected chi connectivity index (χ0v) is 11.3. The minimum Gasteiger partial charge on any atom is -0.446 e. The lowest BCUT2D eigenvalue weighted by molar-refractivity contribution is -0.111. The molecule has 0 aromatic carbocycles. The molecule has 0 aromatic rings. The lowest BCUT2D eigenvalue weighted by atomic mass is 10.1. The third kappa shape index (κ3) is 3.95. The molecule has 1 aliphatic rings. The van der Waals surface area contributed by atoms with E-state index in [0.717, 1.165) is 10.7 Å². The van der Waals surface area contributed by atoms with E-state index in [1.165, 1.54) is 0 Å². The molecule has 0 spiro atoms. The molecule has 8 heteroatoms. The number of piperidine rings is 1. The maximum Gasteiger partial charge on any atom is 0.422 e. The van der Waals surface area contributed by atoms with Crippen molar-refractivity contribution in [3.05, 3.63) is 0 Å². The maximum absolute atomic E-state index is 11.9. The third-order valence-electron chi connectivity index (χ3n) is 2.52. The molecule has 0 saturated carbocycles. The van der Waals surface area contributed by atoms with Gasteiger partial charge >= 0.3 is 16.3 Å². The van der Waals surface area contributed by atoms with Gasteiger partial charge in [-0.25, -0.2) is 9.52 Å². The fraction of sp³-hybridized carbons (Fsp3) is 0.800. The van der Waals surface area contributed by atoms with Crippen LogP contribution in [0.1, 0.15) is 33.1 Å². The van der Waals surface area contributed by atoms with Crippen molar-refractivity contribution in [2.45, 2.75) is 45.3 Å². The van der Waals surface area contributed by atoms with Crippen LogP contribution in [0, 0.1) is 0 Å². The number of amides is 1. The first-order valence-corrected chi connectivity index (χ1v) is 7.26. The van der Waals surface area contributed by atoms with Gasteiger partial charge in [-0.05, 0) is 26.7 Å². The fourth-order valence-corrected chi connectivity index (χ4v) is 3.02. The largest absolute Gasteiger partial charge is 0.446 e. The topological polar surface area (TPSA) is 92.8 Å². The number of nitrogens with one attached hydrogen (secondary N) is 1. The predicted octanol–water partition coefficient (Wildman–Crippen LogP) is 0.419. The molecule has 0 aromatic heterocycles. The summed E-state index contributed by atoms with van der Waals surface area (Å²) in [5, 5.41) is 0. The van der Waals surface area contributed by atoms with E-state index in [9.17, 15) is 18.0 Å². The minimum absolute atomic E-state index is 0.230. The molecule has 104 valence electrons. The van der Waals surface area contributed by atoms with Crippen LogP contribution in [-0.2, 0) is 19.7 Å². The van der Waals surface area contributed by atoms with Crippen molar-refractivity contribution >= 4 is 22.6 Å². The molecule has 1 amide bonds. The Labute approximate surface area is 107 Å². The van der Waals surface area contributed by atoms with Gasteiger partial charge in [0.15, 0.2) is 0 Å². The van der Waals surface area contributed by atoms with Gasteiger partial charge in [0.25, 0.3) is 0 Å². The van der Waals surface area contributed by atoms with Crippen molar-refractivity contribution < 1.29 is 22.7 Å². The second kappa shape index (κ2) is 6.14. The normalized spacial score (nSPS) is 21.6. The first kappa shape index (κ1) is 14.9. The molecule has 7 nitrogen and oxygen atoms in total. The highest BCUT2D eigenvalue weighted by atomic mass is 32.2. The lowest BCUT2D eigenvalue weighted by Gasteiger charge is -2.30. The number of aldehydes is 1. The molecule has 0 radical (unpaired) electrons. The van der Waals surface area contributed by atoms with E-state index in [0.29, 0.717) is 19.1 Å².